The van der Waals surface area contributed by atoms with Crippen molar-refractivity contribution in [2.75, 3.05) is 12.0 Å². The molecule has 1 fully saturated rings. The van der Waals surface area contributed by atoms with E-state index in [1.54, 1.807) is 11.8 Å². The molecule has 0 saturated heterocycles. The molecular formula is C11H23ClN2OS. The zero-order chi connectivity index (χ0) is 11.3. The maximum atomic E-state index is 11.7. The fourth-order valence-corrected chi connectivity index (χ4v) is 2.68. The minimum atomic E-state index is 0. The van der Waals surface area contributed by atoms with Crippen LogP contribution in [-0.4, -0.2) is 30.0 Å². The highest BCUT2D eigenvalue weighted by Crippen LogP contribution is 2.17. The number of hydrogen-bond donors (Lipinski definition) is 2. The number of amides is 1. The summed E-state index contributed by atoms with van der Waals surface area (Å²) >= 11 is 1.72. The smallest absolute Gasteiger partial charge is 0.223 e. The van der Waals surface area contributed by atoms with Crippen LogP contribution in [0.4, 0.5) is 0 Å². The molecule has 96 valence electrons. The topological polar surface area (TPSA) is 55.1 Å². The first-order valence-electron chi connectivity index (χ1n) is 5.68. The molecular weight excluding hydrogens is 244 g/mol. The van der Waals surface area contributed by atoms with Gasteiger partial charge in [-0.25, -0.2) is 0 Å². The Bertz CT molecular complexity index is 216. The van der Waals surface area contributed by atoms with Crippen molar-refractivity contribution >= 4 is 30.1 Å². The van der Waals surface area contributed by atoms with Gasteiger partial charge in [-0.1, -0.05) is 6.92 Å². The summed E-state index contributed by atoms with van der Waals surface area (Å²) < 4.78 is 0. The molecule has 3 atom stereocenters. The molecule has 16 heavy (non-hydrogen) atoms. The van der Waals surface area contributed by atoms with E-state index in [9.17, 15) is 4.79 Å². The minimum absolute atomic E-state index is 0. The third-order valence-electron chi connectivity index (χ3n) is 2.93. The van der Waals surface area contributed by atoms with Gasteiger partial charge in [-0.15, -0.1) is 12.4 Å². The Balaban J connectivity index is 0.00000225. The summed E-state index contributed by atoms with van der Waals surface area (Å²) in [5.74, 6) is 1.19. The first-order chi connectivity index (χ1) is 7.13. The van der Waals surface area contributed by atoms with Gasteiger partial charge in [0.1, 0.15) is 0 Å². The van der Waals surface area contributed by atoms with Crippen LogP contribution in [0.25, 0.3) is 0 Å². The van der Waals surface area contributed by atoms with Crippen molar-refractivity contribution < 1.29 is 4.79 Å². The lowest BCUT2D eigenvalue weighted by atomic mass is 9.91. The quantitative estimate of drug-likeness (QED) is 0.816. The van der Waals surface area contributed by atoms with E-state index in [0.29, 0.717) is 6.04 Å². The van der Waals surface area contributed by atoms with Crippen LogP contribution in [0.3, 0.4) is 0 Å². The van der Waals surface area contributed by atoms with E-state index in [0.717, 1.165) is 31.4 Å². The predicted molar refractivity (Wildman–Crippen MR) is 73.2 cm³/mol. The van der Waals surface area contributed by atoms with Crippen molar-refractivity contribution in [2.24, 2.45) is 11.7 Å². The SMILES string of the molecule is CSCC(C)C(=O)NC1CCCC(N)C1.Cl. The van der Waals surface area contributed by atoms with Crippen molar-refractivity contribution in [1.82, 2.24) is 5.32 Å². The lowest BCUT2D eigenvalue weighted by molar-refractivity contribution is -0.124. The van der Waals surface area contributed by atoms with E-state index >= 15 is 0 Å². The molecule has 1 saturated carbocycles. The van der Waals surface area contributed by atoms with Gasteiger partial charge >= 0.3 is 0 Å². The Hall–Kier alpha value is 0.0700. The van der Waals surface area contributed by atoms with Crippen LogP contribution in [0.2, 0.25) is 0 Å². The van der Waals surface area contributed by atoms with Gasteiger partial charge in [-0.2, -0.15) is 11.8 Å². The Morgan fingerprint density at radius 3 is 2.81 bits per heavy atom. The van der Waals surface area contributed by atoms with Gasteiger partial charge in [0.2, 0.25) is 5.91 Å². The second kappa shape index (κ2) is 8.20. The average Bonchev–Trinajstić information content (AvgIpc) is 2.18. The van der Waals surface area contributed by atoms with Gasteiger partial charge in [-0.05, 0) is 31.9 Å². The van der Waals surface area contributed by atoms with Gasteiger partial charge in [0.25, 0.3) is 0 Å². The second-order valence-corrected chi connectivity index (χ2v) is 5.40. The van der Waals surface area contributed by atoms with Gasteiger partial charge < -0.3 is 11.1 Å². The molecule has 3 nitrogen and oxygen atoms in total. The zero-order valence-electron chi connectivity index (χ0n) is 10.1. The Morgan fingerprint density at radius 2 is 2.25 bits per heavy atom. The Morgan fingerprint density at radius 1 is 1.56 bits per heavy atom. The van der Waals surface area contributed by atoms with Crippen LogP contribution in [0.1, 0.15) is 32.6 Å². The monoisotopic (exact) mass is 266 g/mol. The van der Waals surface area contributed by atoms with E-state index in [-0.39, 0.29) is 30.3 Å². The molecule has 0 aromatic rings. The largest absolute Gasteiger partial charge is 0.353 e. The van der Waals surface area contributed by atoms with Crippen molar-refractivity contribution in [3.8, 4) is 0 Å². The van der Waals surface area contributed by atoms with Gasteiger partial charge in [-0.3, -0.25) is 4.79 Å². The summed E-state index contributed by atoms with van der Waals surface area (Å²) in [7, 11) is 0. The van der Waals surface area contributed by atoms with Crippen molar-refractivity contribution in [1.29, 1.82) is 0 Å². The van der Waals surface area contributed by atoms with E-state index < -0.39 is 0 Å². The summed E-state index contributed by atoms with van der Waals surface area (Å²) in [5.41, 5.74) is 5.88. The zero-order valence-corrected chi connectivity index (χ0v) is 11.7. The number of nitrogens with two attached hydrogens (primary N) is 1. The van der Waals surface area contributed by atoms with Crippen LogP contribution >= 0.6 is 24.2 Å². The minimum Gasteiger partial charge on any atom is -0.353 e. The lowest BCUT2D eigenvalue weighted by Crippen LogP contribution is -2.44. The van der Waals surface area contributed by atoms with Crippen LogP contribution in [0.5, 0.6) is 0 Å². The number of thioether (sulfide) groups is 1. The van der Waals surface area contributed by atoms with Crippen LogP contribution < -0.4 is 11.1 Å². The number of halogens is 1. The number of carbonyl (C=O) groups excluding carboxylic acids is 1. The molecule has 1 aliphatic carbocycles. The van der Waals surface area contributed by atoms with E-state index in [4.69, 9.17) is 5.73 Å². The van der Waals surface area contributed by atoms with Crippen molar-refractivity contribution in [3.05, 3.63) is 0 Å². The first kappa shape index (κ1) is 16.1. The molecule has 0 aromatic heterocycles. The van der Waals surface area contributed by atoms with Crippen molar-refractivity contribution in [3.63, 3.8) is 0 Å². The highest BCUT2D eigenvalue weighted by Gasteiger charge is 2.22. The molecule has 3 N–H and O–H groups in total. The molecule has 1 aliphatic rings. The third-order valence-corrected chi connectivity index (χ3v) is 3.76. The summed E-state index contributed by atoms with van der Waals surface area (Å²) in [6, 6.07) is 0.588. The molecule has 1 rings (SSSR count). The highest BCUT2D eigenvalue weighted by molar-refractivity contribution is 7.98. The summed E-state index contributed by atoms with van der Waals surface area (Å²) in [6.45, 7) is 1.98. The molecule has 0 aromatic carbocycles. The maximum Gasteiger partial charge on any atom is 0.223 e. The molecule has 0 heterocycles. The maximum absolute atomic E-state index is 11.7. The van der Waals surface area contributed by atoms with Gasteiger partial charge in [0.05, 0.1) is 0 Å². The Labute approximate surface area is 109 Å². The molecule has 3 unspecified atom stereocenters. The standard InChI is InChI=1S/C11H22N2OS.ClH/c1-8(7-15-2)11(14)13-10-5-3-4-9(12)6-10;/h8-10H,3-7,12H2,1-2H3,(H,13,14);1H. The van der Waals surface area contributed by atoms with Crippen LogP contribution in [0.15, 0.2) is 0 Å². The molecule has 0 bridgehead atoms. The van der Waals surface area contributed by atoms with Crippen molar-refractivity contribution in [2.45, 2.75) is 44.7 Å². The summed E-state index contributed by atoms with van der Waals surface area (Å²) in [5, 5.41) is 3.10. The number of carbonyl (C=O) groups is 1. The number of rotatable bonds is 4. The third kappa shape index (κ3) is 5.41. The molecule has 0 spiro atoms. The lowest BCUT2D eigenvalue weighted by Gasteiger charge is -2.28. The molecule has 0 radical (unpaired) electrons. The average molecular weight is 267 g/mol. The van der Waals surface area contributed by atoms with Gasteiger partial charge in [0.15, 0.2) is 0 Å². The summed E-state index contributed by atoms with van der Waals surface area (Å²) in [4.78, 5) is 11.7. The first-order valence-corrected chi connectivity index (χ1v) is 7.07. The van der Waals surface area contributed by atoms with Crippen LogP contribution in [0, 0.1) is 5.92 Å². The number of hydrogen-bond acceptors (Lipinski definition) is 3. The normalized spacial score (nSPS) is 26.7. The fourth-order valence-electron chi connectivity index (χ4n) is 2.03. The molecule has 5 heteroatoms. The molecule has 0 aliphatic heterocycles. The van der Waals surface area contributed by atoms with Gasteiger partial charge in [0, 0.05) is 23.8 Å². The predicted octanol–water partition coefficient (Wildman–Crippen LogP) is 1.79. The van der Waals surface area contributed by atoms with E-state index in [1.807, 2.05) is 13.2 Å². The molecule has 1 amide bonds. The Kier molecular flexibility index (Phi) is 8.24. The highest BCUT2D eigenvalue weighted by atomic mass is 35.5. The summed E-state index contributed by atoms with van der Waals surface area (Å²) in [6.07, 6.45) is 6.30. The van der Waals surface area contributed by atoms with E-state index in [2.05, 4.69) is 5.32 Å². The second-order valence-electron chi connectivity index (χ2n) is 4.49. The fraction of sp³-hybridized carbons (Fsp3) is 0.909. The van der Waals surface area contributed by atoms with E-state index in [1.165, 1.54) is 0 Å². The number of nitrogens with one attached hydrogen (secondary N) is 1. The van der Waals surface area contributed by atoms with Crippen LogP contribution in [-0.2, 0) is 4.79 Å².